The number of phenolic OH excluding ortho intramolecular Hbond substituents is 1. The van der Waals surface area contributed by atoms with Crippen LogP contribution in [0, 0.1) is 6.92 Å². The van der Waals surface area contributed by atoms with E-state index in [1.807, 2.05) is 30.3 Å². The fraction of sp³-hybridized carbons (Fsp3) is 0.0769. The molecule has 2 N–H and O–H groups in total. The van der Waals surface area contributed by atoms with Crippen LogP contribution in [0.25, 0.3) is 16.5 Å². The van der Waals surface area contributed by atoms with Gasteiger partial charge in [-0.05, 0) is 48.0 Å². The first kappa shape index (κ1) is 19.6. The van der Waals surface area contributed by atoms with Crippen molar-refractivity contribution in [2.24, 2.45) is 0 Å². The van der Waals surface area contributed by atoms with Crippen LogP contribution in [0.5, 0.6) is 5.75 Å². The minimum Gasteiger partial charge on any atom is -0.507 e. The summed E-state index contributed by atoms with van der Waals surface area (Å²) in [5, 5.41) is 23.5. The summed E-state index contributed by atoms with van der Waals surface area (Å²) in [5.74, 6) is -1.26. The molecule has 6 nitrogen and oxygen atoms in total. The molecule has 32 heavy (non-hydrogen) atoms. The third-order valence-electron chi connectivity index (χ3n) is 5.64. The maximum absolute atomic E-state index is 13.1. The van der Waals surface area contributed by atoms with E-state index in [2.05, 4.69) is 0 Å². The highest BCUT2D eigenvalue weighted by Crippen LogP contribution is 2.45. The molecule has 0 bridgehead atoms. The first-order chi connectivity index (χ1) is 15.5. The molecular weight excluding hydrogens is 406 g/mol. The van der Waals surface area contributed by atoms with Crippen LogP contribution in [0.2, 0.25) is 0 Å². The first-order valence-electron chi connectivity index (χ1n) is 10.1. The third-order valence-corrected chi connectivity index (χ3v) is 5.64. The number of amides is 1. The van der Waals surface area contributed by atoms with Gasteiger partial charge in [-0.2, -0.15) is 0 Å². The molecule has 0 saturated carbocycles. The lowest BCUT2D eigenvalue weighted by molar-refractivity contribution is -0.132. The number of nitrogens with zero attached hydrogens (tertiary/aromatic N) is 1. The van der Waals surface area contributed by atoms with E-state index in [0.29, 0.717) is 17.1 Å². The highest BCUT2D eigenvalue weighted by Gasteiger charge is 2.49. The average molecular weight is 425 g/mol. The van der Waals surface area contributed by atoms with Crippen LogP contribution in [0.4, 0.5) is 5.69 Å². The van der Waals surface area contributed by atoms with Gasteiger partial charge in [0, 0.05) is 5.56 Å². The maximum atomic E-state index is 13.1. The second kappa shape index (κ2) is 7.42. The number of aliphatic hydroxyl groups excluding tert-OH is 1. The van der Waals surface area contributed by atoms with Gasteiger partial charge < -0.3 is 14.6 Å². The molecule has 5 rings (SSSR count). The molecule has 1 unspecified atom stereocenters. The lowest BCUT2D eigenvalue weighted by Gasteiger charge is -2.24. The molecule has 2 heterocycles. The topological polar surface area (TPSA) is 91.0 Å². The van der Waals surface area contributed by atoms with Crippen molar-refractivity contribution in [1.82, 2.24) is 0 Å². The van der Waals surface area contributed by atoms with Crippen molar-refractivity contribution >= 4 is 33.9 Å². The third kappa shape index (κ3) is 3.04. The summed E-state index contributed by atoms with van der Waals surface area (Å²) in [7, 11) is 0. The molecule has 4 aromatic rings. The van der Waals surface area contributed by atoms with Crippen molar-refractivity contribution in [2.45, 2.75) is 13.0 Å². The van der Waals surface area contributed by atoms with Crippen LogP contribution in [0.15, 0.2) is 88.9 Å². The number of rotatable bonds is 3. The van der Waals surface area contributed by atoms with Gasteiger partial charge in [0.2, 0.25) is 0 Å². The Hall–Kier alpha value is -4.32. The molecule has 3 aromatic carbocycles. The van der Waals surface area contributed by atoms with Crippen molar-refractivity contribution < 1.29 is 24.2 Å². The number of hydrogen-bond acceptors (Lipinski definition) is 5. The smallest absolute Gasteiger partial charge is 0.300 e. The van der Waals surface area contributed by atoms with Gasteiger partial charge in [0.15, 0.2) is 0 Å². The highest BCUT2D eigenvalue weighted by atomic mass is 16.3. The zero-order chi connectivity index (χ0) is 22.4. The van der Waals surface area contributed by atoms with E-state index in [9.17, 15) is 19.8 Å². The Labute approximate surface area is 183 Å². The van der Waals surface area contributed by atoms with Gasteiger partial charge >= 0.3 is 0 Å². The lowest BCUT2D eigenvalue weighted by atomic mass is 9.97. The number of furan rings is 1. The molecule has 1 saturated heterocycles. The summed E-state index contributed by atoms with van der Waals surface area (Å²) in [6.07, 6.45) is 0. The van der Waals surface area contributed by atoms with Crippen molar-refractivity contribution in [3.8, 4) is 5.75 Å². The van der Waals surface area contributed by atoms with Crippen molar-refractivity contribution in [3.05, 3.63) is 102 Å². The molecule has 158 valence electrons. The molecule has 0 radical (unpaired) electrons. The monoisotopic (exact) mass is 425 g/mol. The lowest BCUT2D eigenvalue weighted by Crippen LogP contribution is -2.29. The van der Waals surface area contributed by atoms with Gasteiger partial charge in [0.05, 0.1) is 11.3 Å². The standard InChI is InChI=1S/C26H19NO5/c1-15-10-13-21(32-15)23-22(24(29)18-12-11-16-6-2-3-7-17(16)14-18)25(30)26(31)27(23)19-8-4-5-9-20(19)28/h2-14,23,28-29H,1H3/b24-22-. The normalized spacial score (nSPS) is 17.9. The van der Waals surface area contributed by atoms with Crippen LogP contribution in [-0.2, 0) is 9.59 Å². The summed E-state index contributed by atoms with van der Waals surface area (Å²) in [5.41, 5.74) is 0.473. The Bertz CT molecular complexity index is 1410. The number of Topliss-reactive ketones (excluding diaryl/α,β-unsaturated/α-hetero) is 1. The van der Waals surface area contributed by atoms with E-state index in [-0.39, 0.29) is 22.8 Å². The molecule has 1 aromatic heterocycles. The van der Waals surface area contributed by atoms with Gasteiger partial charge in [-0.3, -0.25) is 14.5 Å². The number of fused-ring (bicyclic) bond motifs is 1. The van der Waals surface area contributed by atoms with Crippen LogP contribution < -0.4 is 4.90 Å². The Balaban J connectivity index is 1.74. The number of hydrogen-bond donors (Lipinski definition) is 2. The Morgan fingerprint density at radius 1 is 0.906 bits per heavy atom. The summed E-state index contributed by atoms with van der Waals surface area (Å²) in [6, 6.07) is 21.6. The zero-order valence-electron chi connectivity index (χ0n) is 17.1. The second-order valence-electron chi connectivity index (χ2n) is 7.67. The molecule has 6 heteroatoms. The van der Waals surface area contributed by atoms with Gasteiger partial charge in [-0.25, -0.2) is 0 Å². The Morgan fingerprint density at radius 2 is 1.62 bits per heavy atom. The zero-order valence-corrected chi connectivity index (χ0v) is 17.1. The maximum Gasteiger partial charge on any atom is 0.300 e. The predicted molar refractivity (Wildman–Crippen MR) is 120 cm³/mol. The quantitative estimate of drug-likeness (QED) is 0.272. The summed E-state index contributed by atoms with van der Waals surface area (Å²) in [4.78, 5) is 27.4. The van der Waals surface area contributed by atoms with Crippen molar-refractivity contribution in [2.75, 3.05) is 4.90 Å². The number of anilines is 1. The fourth-order valence-electron chi connectivity index (χ4n) is 4.11. The van der Waals surface area contributed by atoms with Crippen LogP contribution >= 0.6 is 0 Å². The van der Waals surface area contributed by atoms with Crippen LogP contribution in [0.3, 0.4) is 0 Å². The molecule has 1 amide bonds. The van der Waals surface area contributed by atoms with E-state index in [4.69, 9.17) is 4.42 Å². The van der Waals surface area contributed by atoms with Gasteiger partial charge in [0.25, 0.3) is 11.7 Å². The largest absolute Gasteiger partial charge is 0.507 e. The summed E-state index contributed by atoms with van der Waals surface area (Å²) >= 11 is 0. The van der Waals surface area contributed by atoms with Crippen LogP contribution in [0.1, 0.15) is 23.1 Å². The number of para-hydroxylation sites is 2. The number of aliphatic hydroxyl groups is 1. The number of carbonyl (C=O) groups excluding carboxylic acids is 2. The number of benzene rings is 3. The number of carbonyl (C=O) groups is 2. The Kier molecular flexibility index (Phi) is 4.56. The first-order valence-corrected chi connectivity index (χ1v) is 10.1. The van der Waals surface area contributed by atoms with Gasteiger partial charge in [-0.15, -0.1) is 0 Å². The van der Waals surface area contributed by atoms with E-state index in [0.717, 1.165) is 10.8 Å². The average Bonchev–Trinajstić information content (AvgIpc) is 3.34. The minimum atomic E-state index is -1.02. The Morgan fingerprint density at radius 3 is 2.34 bits per heavy atom. The number of aromatic hydroxyl groups is 1. The highest BCUT2D eigenvalue weighted by molar-refractivity contribution is 6.51. The summed E-state index contributed by atoms with van der Waals surface area (Å²) in [6.45, 7) is 1.75. The molecule has 1 atom stereocenters. The van der Waals surface area contributed by atoms with Gasteiger partial charge in [0.1, 0.15) is 29.1 Å². The fourth-order valence-corrected chi connectivity index (χ4v) is 4.11. The van der Waals surface area contributed by atoms with Gasteiger partial charge in [-0.1, -0.05) is 48.5 Å². The molecule has 0 aliphatic carbocycles. The van der Waals surface area contributed by atoms with Crippen molar-refractivity contribution in [3.63, 3.8) is 0 Å². The number of aryl methyl sites for hydroxylation is 1. The number of phenols is 1. The SMILES string of the molecule is Cc1ccc(C2/C(=C(/O)c3ccc4ccccc4c3)C(=O)C(=O)N2c2ccccc2O)o1. The van der Waals surface area contributed by atoms with Crippen molar-refractivity contribution in [1.29, 1.82) is 0 Å². The van der Waals surface area contributed by atoms with Crippen LogP contribution in [-0.4, -0.2) is 21.9 Å². The molecular formula is C26H19NO5. The second-order valence-corrected chi connectivity index (χ2v) is 7.67. The van der Waals surface area contributed by atoms with E-state index >= 15 is 0 Å². The minimum absolute atomic E-state index is 0.0946. The number of ketones is 1. The summed E-state index contributed by atoms with van der Waals surface area (Å²) < 4.78 is 5.77. The molecule has 0 spiro atoms. The molecule has 1 aliphatic rings. The van der Waals surface area contributed by atoms with E-state index < -0.39 is 17.7 Å². The molecule has 1 fully saturated rings. The molecule has 1 aliphatic heterocycles. The predicted octanol–water partition coefficient (Wildman–Crippen LogP) is 5.07. The van der Waals surface area contributed by atoms with E-state index in [1.165, 1.54) is 11.0 Å². The van der Waals surface area contributed by atoms with E-state index in [1.54, 1.807) is 49.4 Å².